The van der Waals surface area contributed by atoms with Gasteiger partial charge in [-0.3, -0.25) is 0 Å². The minimum Gasteiger partial charge on any atom is -0.494 e. The molecule has 0 aromatic heterocycles. The van der Waals surface area contributed by atoms with Crippen molar-refractivity contribution in [2.24, 2.45) is 11.7 Å². The topological polar surface area (TPSA) is 35.2 Å². The Labute approximate surface area is 112 Å². The molecule has 0 fully saturated rings. The van der Waals surface area contributed by atoms with Crippen LogP contribution in [-0.2, 0) is 0 Å². The monoisotopic (exact) mass is 249 g/mol. The molecule has 0 amide bonds. The van der Waals surface area contributed by atoms with Crippen LogP contribution in [-0.4, -0.2) is 6.61 Å². The minimum absolute atomic E-state index is 0.122. The third-order valence-electron chi connectivity index (χ3n) is 3.20. The van der Waals surface area contributed by atoms with Crippen LogP contribution < -0.4 is 10.5 Å². The number of rotatable bonds is 8. The number of hydrogen-bond acceptors (Lipinski definition) is 2. The molecular weight excluding hydrogens is 222 g/mol. The Hall–Kier alpha value is -1.02. The molecule has 1 aromatic carbocycles. The van der Waals surface area contributed by atoms with Crippen molar-refractivity contribution in [3.63, 3.8) is 0 Å². The minimum atomic E-state index is 0.122. The average molecular weight is 249 g/mol. The van der Waals surface area contributed by atoms with E-state index in [1.54, 1.807) is 0 Å². The molecular formula is C16H27NO. The van der Waals surface area contributed by atoms with Crippen molar-refractivity contribution in [2.45, 2.75) is 52.5 Å². The predicted octanol–water partition coefficient (Wildman–Crippen LogP) is 4.30. The molecule has 0 aliphatic heterocycles. The molecule has 1 aromatic rings. The zero-order valence-electron chi connectivity index (χ0n) is 12.0. The van der Waals surface area contributed by atoms with Crippen LogP contribution in [0.5, 0.6) is 5.75 Å². The number of nitrogens with two attached hydrogens (primary N) is 1. The second kappa shape index (κ2) is 8.15. The van der Waals surface area contributed by atoms with E-state index < -0.39 is 0 Å². The molecule has 2 nitrogen and oxygen atoms in total. The summed E-state index contributed by atoms with van der Waals surface area (Å²) >= 11 is 0. The molecule has 102 valence electrons. The maximum atomic E-state index is 6.27. The van der Waals surface area contributed by atoms with E-state index >= 15 is 0 Å². The van der Waals surface area contributed by atoms with Crippen LogP contribution in [0.2, 0.25) is 0 Å². The molecule has 0 spiro atoms. The first-order valence-electron chi connectivity index (χ1n) is 7.15. The van der Waals surface area contributed by atoms with E-state index in [9.17, 15) is 0 Å². The number of hydrogen-bond donors (Lipinski definition) is 1. The first-order valence-corrected chi connectivity index (χ1v) is 7.15. The largest absolute Gasteiger partial charge is 0.494 e. The van der Waals surface area contributed by atoms with Crippen LogP contribution >= 0.6 is 0 Å². The fraction of sp³-hybridized carbons (Fsp3) is 0.625. The van der Waals surface area contributed by atoms with Gasteiger partial charge in [-0.05, 0) is 36.5 Å². The molecule has 2 heteroatoms. The summed E-state index contributed by atoms with van der Waals surface area (Å²) < 4.78 is 5.64. The second-order valence-electron chi connectivity index (χ2n) is 5.16. The van der Waals surface area contributed by atoms with Crippen molar-refractivity contribution in [3.05, 3.63) is 29.8 Å². The van der Waals surface area contributed by atoms with E-state index in [1.807, 2.05) is 12.1 Å². The summed E-state index contributed by atoms with van der Waals surface area (Å²) in [4.78, 5) is 0. The lowest BCUT2D eigenvalue weighted by Gasteiger charge is -2.18. The van der Waals surface area contributed by atoms with Crippen LogP contribution in [0.15, 0.2) is 24.3 Å². The predicted molar refractivity (Wildman–Crippen MR) is 77.8 cm³/mol. The van der Waals surface area contributed by atoms with Crippen LogP contribution in [0.1, 0.15) is 58.1 Å². The summed E-state index contributed by atoms with van der Waals surface area (Å²) in [6, 6.07) is 8.34. The van der Waals surface area contributed by atoms with Gasteiger partial charge in [0, 0.05) is 6.04 Å². The van der Waals surface area contributed by atoms with Gasteiger partial charge in [0.25, 0.3) is 0 Å². The van der Waals surface area contributed by atoms with Crippen LogP contribution in [0.3, 0.4) is 0 Å². The Morgan fingerprint density at radius 2 is 2.00 bits per heavy atom. The Kier molecular flexibility index (Phi) is 6.81. The molecule has 2 atom stereocenters. The van der Waals surface area contributed by atoms with E-state index in [2.05, 4.69) is 32.9 Å². The quantitative estimate of drug-likeness (QED) is 0.745. The van der Waals surface area contributed by atoms with Crippen molar-refractivity contribution >= 4 is 0 Å². The van der Waals surface area contributed by atoms with Gasteiger partial charge >= 0.3 is 0 Å². The number of ether oxygens (including phenoxy) is 1. The zero-order valence-corrected chi connectivity index (χ0v) is 12.0. The molecule has 18 heavy (non-hydrogen) atoms. The zero-order chi connectivity index (χ0) is 13.4. The van der Waals surface area contributed by atoms with E-state index in [0.29, 0.717) is 5.92 Å². The first kappa shape index (κ1) is 15.0. The molecule has 2 N–H and O–H groups in total. The highest BCUT2D eigenvalue weighted by molar-refractivity contribution is 5.30. The summed E-state index contributed by atoms with van der Waals surface area (Å²) in [5.74, 6) is 1.62. The fourth-order valence-corrected chi connectivity index (χ4v) is 2.24. The van der Waals surface area contributed by atoms with Crippen molar-refractivity contribution in [2.75, 3.05) is 6.61 Å². The van der Waals surface area contributed by atoms with Gasteiger partial charge in [-0.2, -0.15) is 0 Å². The van der Waals surface area contributed by atoms with Gasteiger partial charge in [0.15, 0.2) is 0 Å². The molecule has 0 heterocycles. The lowest BCUT2D eigenvalue weighted by molar-refractivity contribution is 0.316. The first-order chi connectivity index (χ1) is 8.67. The van der Waals surface area contributed by atoms with Crippen molar-refractivity contribution < 1.29 is 4.74 Å². The van der Waals surface area contributed by atoms with Crippen molar-refractivity contribution in [3.8, 4) is 5.75 Å². The Bertz CT molecular complexity index is 338. The van der Waals surface area contributed by atoms with Crippen molar-refractivity contribution in [1.82, 2.24) is 0 Å². The standard InChI is InChI=1S/C16H27NO/c1-4-7-13(3)11-16(17)14-8-6-9-15(12-14)18-10-5-2/h6,8-9,12-13,16H,4-5,7,10-11,17H2,1-3H3. The highest BCUT2D eigenvalue weighted by atomic mass is 16.5. The number of benzene rings is 1. The van der Waals surface area contributed by atoms with E-state index in [4.69, 9.17) is 10.5 Å². The molecule has 1 rings (SSSR count). The second-order valence-corrected chi connectivity index (χ2v) is 5.16. The molecule has 0 saturated heterocycles. The maximum absolute atomic E-state index is 6.27. The van der Waals surface area contributed by atoms with Crippen LogP contribution in [0.4, 0.5) is 0 Å². The Morgan fingerprint density at radius 3 is 2.67 bits per heavy atom. The summed E-state index contributed by atoms with van der Waals surface area (Å²) in [5, 5.41) is 0. The maximum Gasteiger partial charge on any atom is 0.119 e. The van der Waals surface area contributed by atoms with E-state index in [0.717, 1.165) is 25.2 Å². The summed E-state index contributed by atoms with van der Waals surface area (Å²) in [5.41, 5.74) is 7.45. The average Bonchev–Trinajstić information content (AvgIpc) is 2.37. The van der Waals surface area contributed by atoms with Gasteiger partial charge in [0.05, 0.1) is 6.61 Å². The third-order valence-corrected chi connectivity index (χ3v) is 3.20. The molecule has 0 aliphatic rings. The molecule has 2 unspecified atom stereocenters. The molecule has 0 aliphatic carbocycles. The van der Waals surface area contributed by atoms with Gasteiger partial charge < -0.3 is 10.5 Å². The SMILES string of the molecule is CCCOc1cccc(C(N)CC(C)CCC)c1. The smallest absolute Gasteiger partial charge is 0.119 e. The highest BCUT2D eigenvalue weighted by Crippen LogP contribution is 2.24. The Morgan fingerprint density at radius 1 is 1.22 bits per heavy atom. The van der Waals surface area contributed by atoms with Crippen LogP contribution in [0, 0.1) is 5.92 Å². The highest BCUT2D eigenvalue weighted by Gasteiger charge is 2.11. The van der Waals surface area contributed by atoms with Gasteiger partial charge in [-0.25, -0.2) is 0 Å². The third kappa shape index (κ3) is 5.09. The summed E-state index contributed by atoms with van der Waals surface area (Å²) in [6.07, 6.45) is 4.56. The lowest BCUT2D eigenvalue weighted by atomic mass is 9.93. The molecule has 0 bridgehead atoms. The lowest BCUT2D eigenvalue weighted by Crippen LogP contribution is -2.14. The Balaban J connectivity index is 2.58. The van der Waals surface area contributed by atoms with Crippen LogP contribution in [0.25, 0.3) is 0 Å². The van der Waals surface area contributed by atoms with Gasteiger partial charge in [-0.15, -0.1) is 0 Å². The van der Waals surface area contributed by atoms with E-state index in [-0.39, 0.29) is 6.04 Å². The van der Waals surface area contributed by atoms with Gasteiger partial charge in [-0.1, -0.05) is 45.7 Å². The van der Waals surface area contributed by atoms with Crippen molar-refractivity contribution in [1.29, 1.82) is 0 Å². The molecule has 0 radical (unpaired) electrons. The van der Waals surface area contributed by atoms with E-state index in [1.165, 1.54) is 18.4 Å². The summed E-state index contributed by atoms with van der Waals surface area (Å²) in [6.45, 7) is 7.38. The van der Waals surface area contributed by atoms with Gasteiger partial charge in [0.1, 0.15) is 5.75 Å². The fourth-order valence-electron chi connectivity index (χ4n) is 2.24. The summed E-state index contributed by atoms with van der Waals surface area (Å²) in [7, 11) is 0. The molecule has 0 saturated carbocycles. The van der Waals surface area contributed by atoms with Gasteiger partial charge in [0.2, 0.25) is 0 Å². The normalized spacial score (nSPS) is 14.2.